The summed E-state index contributed by atoms with van der Waals surface area (Å²) in [4.78, 5) is 15.7. The van der Waals surface area contributed by atoms with E-state index in [-0.39, 0.29) is 0 Å². The molecule has 0 unspecified atom stereocenters. The van der Waals surface area contributed by atoms with E-state index in [9.17, 15) is 13.6 Å². The number of benzene rings is 2. The average Bonchev–Trinajstić information content (AvgIpc) is 3.26. The van der Waals surface area contributed by atoms with E-state index in [1.54, 1.807) is 14.2 Å². The molecule has 0 N–H and O–H groups in total. The van der Waals surface area contributed by atoms with Gasteiger partial charge in [0.15, 0.2) is 11.5 Å². The summed E-state index contributed by atoms with van der Waals surface area (Å²) in [5, 5.41) is 1.91. The van der Waals surface area contributed by atoms with Gasteiger partial charge < -0.3 is 14.4 Å². The third-order valence-corrected chi connectivity index (χ3v) is 6.05. The number of nitrogens with zero attached hydrogens (tertiary/aromatic N) is 1. The molecule has 2 aromatic carbocycles. The van der Waals surface area contributed by atoms with Gasteiger partial charge in [-0.15, -0.1) is 11.3 Å². The fraction of sp³-hybridized carbons (Fsp3) is 0.227. The zero-order valence-electron chi connectivity index (χ0n) is 15.9. The third-order valence-electron chi connectivity index (χ3n) is 5.12. The number of ether oxygens (including phenoxy) is 2. The molecule has 1 aliphatic heterocycles. The van der Waals surface area contributed by atoms with E-state index in [1.165, 1.54) is 22.3 Å². The maximum atomic E-state index is 14.3. The molecule has 0 saturated heterocycles. The molecule has 4 nitrogen and oxygen atoms in total. The molecule has 1 amide bonds. The zero-order valence-corrected chi connectivity index (χ0v) is 16.8. The van der Waals surface area contributed by atoms with Gasteiger partial charge in [0.2, 0.25) is 0 Å². The van der Waals surface area contributed by atoms with Crippen LogP contribution in [0, 0.1) is 11.6 Å². The second-order valence-corrected chi connectivity index (χ2v) is 7.65. The van der Waals surface area contributed by atoms with Gasteiger partial charge >= 0.3 is 0 Å². The van der Waals surface area contributed by atoms with Crippen LogP contribution < -0.4 is 9.47 Å². The number of fused-ring (bicyclic) bond motifs is 1. The average molecular weight is 415 g/mol. The Hall–Kier alpha value is -2.93. The van der Waals surface area contributed by atoms with Crippen LogP contribution in [0.4, 0.5) is 8.78 Å². The minimum absolute atomic E-state index is 0.331. The van der Waals surface area contributed by atoms with Gasteiger partial charge in [-0.3, -0.25) is 4.79 Å². The Morgan fingerprint density at radius 3 is 2.38 bits per heavy atom. The maximum absolute atomic E-state index is 14.3. The Labute approximate surface area is 171 Å². The van der Waals surface area contributed by atoms with Crippen LogP contribution in [-0.4, -0.2) is 31.6 Å². The lowest BCUT2D eigenvalue weighted by Crippen LogP contribution is -2.41. The van der Waals surface area contributed by atoms with E-state index >= 15 is 0 Å². The van der Waals surface area contributed by atoms with Crippen molar-refractivity contribution in [2.45, 2.75) is 12.5 Å². The molecule has 3 aromatic rings. The molecule has 0 radical (unpaired) electrons. The summed E-state index contributed by atoms with van der Waals surface area (Å²) in [6.07, 6.45) is 0.541. The number of halogens is 2. The van der Waals surface area contributed by atoms with Gasteiger partial charge in [0.25, 0.3) is 5.91 Å². The summed E-state index contributed by atoms with van der Waals surface area (Å²) in [6.45, 7) is 0.331. The molecule has 2 heterocycles. The van der Waals surface area contributed by atoms with Crippen molar-refractivity contribution in [3.63, 3.8) is 0 Å². The van der Waals surface area contributed by atoms with Gasteiger partial charge in [-0.05, 0) is 53.3 Å². The van der Waals surface area contributed by atoms with Crippen molar-refractivity contribution in [3.8, 4) is 11.5 Å². The molecule has 0 saturated carbocycles. The normalized spacial score (nSPS) is 15.7. The number of amides is 1. The summed E-state index contributed by atoms with van der Waals surface area (Å²) >= 11 is 1.49. The van der Waals surface area contributed by atoms with Crippen molar-refractivity contribution in [2.75, 3.05) is 20.8 Å². The predicted molar refractivity (Wildman–Crippen MR) is 107 cm³/mol. The number of hydrogen-bond acceptors (Lipinski definition) is 4. The molecule has 0 spiro atoms. The smallest absolute Gasteiger partial charge is 0.260 e. The molecule has 1 atom stereocenters. The number of hydrogen-bond donors (Lipinski definition) is 0. The highest BCUT2D eigenvalue weighted by Crippen LogP contribution is 2.42. The minimum Gasteiger partial charge on any atom is -0.493 e. The standard InChI is InChI=1S/C22H19F2NO3S/c1-27-17-11-13-8-9-25(22(26)20-15(23)5-3-6-16(20)24)21(19-7-4-10-29-19)14(13)12-18(17)28-2/h3-7,10-12,21H,8-9H2,1-2H3/t21-/m0/s1. The molecule has 1 aliphatic rings. The van der Waals surface area contributed by atoms with Crippen LogP contribution in [0.5, 0.6) is 11.5 Å². The minimum atomic E-state index is -0.863. The van der Waals surface area contributed by atoms with Crippen LogP contribution in [0.2, 0.25) is 0 Å². The molecule has 4 rings (SSSR count). The fourth-order valence-electron chi connectivity index (χ4n) is 3.76. The van der Waals surface area contributed by atoms with Crippen molar-refractivity contribution >= 4 is 17.2 Å². The number of rotatable bonds is 4. The van der Waals surface area contributed by atoms with E-state index in [0.717, 1.165) is 28.1 Å². The number of carbonyl (C=O) groups is 1. The van der Waals surface area contributed by atoms with Gasteiger partial charge in [0, 0.05) is 11.4 Å². The second-order valence-electron chi connectivity index (χ2n) is 6.67. The van der Waals surface area contributed by atoms with Crippen LogP contribution in [0.1, 0.15) is 32.4 Å². The lowest BCUT2D eigenvalue weighted by atomic mass is 9.90. The molecule has 29 heavy (non-hydrogen) atoms. The SMILES string of the molecule is COc1cc2c(cc1OC)[C@@H](c1cccs1)N(C(=O)c1c(F)cccc1F)CC2. The number of carbonyl (C=O) groups excluding carboxylic acids is 1. The van der Waals surface area contributed by atoms with E-state index in [1.807, 2.05) is 29.6 Å². The van der Waals surface area contributed by atoms with Gasteiger partial charge in [-0.25, -0.2) is 8.78 Å². The van der Waals surface area contributed by atoms with Gasteiger partial charge in [0.05, 0.1) is 20.3 Å². The third kappa shape index (κ3) is 3.35. The summed E-state index contributed by atoms with van der Waals surface area (Å²) in [5.74, 6) is -1.24. The molecule has 0 aliphatic carbocycles. The first-order valence-electron chi connectivity index (χ1n) is 9.08. The van der Waals surface area contributed by atoms with Crippen molar-refractivity contribution in [1.29, 1.82) is 0 Å². The first-order chi connectivity index (χ1) is 14.0. The lowest BCUT2D eigenvalue weighted by Gasteiger charge is -2.37. The summed E-state index contributed by atoms with van der Waals surface area (Å²) in [7, 11) is 3.12. The molecule has 1 aromatic heterocycles. The summed E-state index contributed by atoms with van der Waals surface area (Å²) in [5.41, 5.74) is 1.35. The first-order valence-corrected chi connectivity index (χ1v) is 9.96. The fourth-order valence-corrected chi connectivity index (χ4v) is 4.62. The highest BCUT2D eigenvalue weighted by Gasteiger charge is 2.36. The maximum Gasteiger partial charge on any atom is 0.260 e. The van der Waals surface area contributed by atoms with E-state index < -0.39 is 29.1 Å². The molecule has 0 fully saturated rings. The first kappa shape index (κ1) is 19.4. The van der Waals surface area contributed by atoms with Crippen LogP contribution in [0.15, 0.2) is 47.8 Å². The van der Waals surface area contributed by atoms with E-state index in [0.29, 0.717) is 24.5 Å². The van der Waals surface area contributed by atoms with Crippen molar-refractivity contribution in [1.82, 2.24) is 4.90 Å². The van der Waals surface area contributed by atoms with Crippen LogP contribution >= 0.6 is 11.3 Å². The monoisotopic (exact) mass is 415 g/mol. The topological polar surface area (TPSA) is 38.8 Å². The zero-order chi connectivity index (χ0) is 20.5. The van der Waals surface area contributed by atoms with E-state index in [2.05, 4.69) is 0 Å². The Kier molecular flexibility index (Phi) is 5.24. The van der Waals surface area contributed by atoms with Crippen molar-refractivity contribution in [3.05, 3.63) is 81.0 Å². The quantitative estimate of drug-likeness (QED) is 0.613. The van der Waals surface area contributed by atoms with Crippen molar-refractivity contribution in [2.24, 2.45) is 0 Å². The van der Waals surface area contributed by atoms with E-state index in [4.69, 9.17) is 9.47 Å². The Bertz CT molecular complexity index is 1030. The Morgan fingerprint density at radius 1 is 1.07 bits per heavy atom. The molecule has 0 bridgehead atoms. The van der Waals surface area contributed by atoms with Crippen LogP contribution in [0.3, 0.4) is 0 Å². The molecule has 150 valence electrons. The molecule has 7 heteroatoms. The van der Waals surface area contributed by atoms with Crippen molar-refractivity contribution < 1.29 is 23.0 Å². The Balaban J connectivity index is 1.85. The van der Waals surface area contributed by atoms with Crippen LogP contribution in [0.25, 0.3) is 0 Å². The number of methoxy groups -OCH3 is 2. The number of thiophene rings is 1. The summed E-state index contributed by atoms with van der Waals surface area (Å²) in [6, 6.07) is 10.5. The summed E-state index contributed by atoms with van der Waals surface area (Å²) < 4.78 is 39.5. The van der Waals surface area contributed by atoms with Gasteiger partial charge in [0.1, 0.15) is 17.2 Å². The lowest BCUT2D eigenvalue weighted by molar-refractivity contribution is 0.0687. The van der Waals surface area contributed by atoms with Gasteiger partial charge in [-0.2, -0.15) is 0 Å². The molecular weight excluding hydrogens is 396 g/mol. The predicted octanol–water partition coefficient (Wildman–Crippen LogP) is 4.83. The highest BCUT2D eigenvalue weighted by molar-refractivity contribution is 7.10. The second kappa shape index (κ2) is 7.83. The van der Waals surface area contributed by atoms with Crippen LogP contribution in [-0.2, 0) is 6.42 Å². The Morgan fingerprint density at radius 2 is 1.76 bits per heavy atom. The van der Waals surface area contributed by atoms with Gasteiger partial charge in [-0.1, -0.05) is 12.1 Å². The largest absolute Gasteiger partial charge is 0.493 e. The molecular formula is C22H19F2NO3S. The highest BCUT2D eigenvalue weighted by atomic mass is 32.1.